The van der Waals surface area contributed by atoms with E-state index in [1.807, 2.05) is 29.2 Å². The second kappa shape index (κ2) is 7.75. The molecule has 1 aromatic carbocycles. The van der Waals surface area contributed by atoms with Crippen LogP contribution in [0.4, 0.5) is 0 Å². The van der Waals surface area contributed by atoms with E-state index in [4.69, 9.17) is 11.6 Å². The van der Waals surface area contributed by atoms with Crippen LogP contribution >= 0.6 is 11.6 Å². The molecule has 3 saturated heterocycles. The fourth-order valence-electron chi connectivity index (χ4n) is 3.87. The number of benzene rings is 1. The van der Waals surface area contributed by atoms with Gasteiger partial charge in [-0.2, -0.15) is 0 Å². The summed E-state index contributed by atoms with van der Waals surface area (Å²) in [7, 11) is 3.57. The highest BCUT2D eigenvalue weighted by Gasteiger charge is 2.37. The lowest BCUT2D eigenvalue weighted by molar-refractivity contribution is -0.134. The van der Waals surface area contributed by atoms with Crippen molar-refractivity contribution < 1.29 is 9.59 Å². The molecule has 4 rings (SSSR count). The van der Waals surface area contributed by atoms with Gasteiger partial charge in [0, 0.05) is 44.8 Å². The van der Waals surface area contributed by atoms with Crippen LogP contribution in [0.25, 0.3) is 0 Å². The van der Waals surface area contributed by atoms with Crippen LogP contribution in [0.2, 0.25) is 5.02 Å². The first-order chi connectivity index (χ1) is 11.9. The summed E-state index contributed by atoms with van der Waals surface area (Å²) >= 11 is 6.03. The van der Waals surface area contributed by atoms with Gasteiger partial charge in [0.2, 0.25) is 11.8 Å². The van der Waals surface area contributed by atoms with E-state index in [-0.39, 0.29) is 17.9 Å². The normalized spacial score (nSPS) is 23.4. The smallest absolute Gasteiger partial charge is 0.236 e. The molecule has 1 aromatic rings. The molecule has 6 heteroatoms. The lowest BCUT2D eigenvalue weighted by Gasteiger charge is -2.36. The molecule has 0 spiro atoms. The molecule has 0 N–H and O–H groups in total. The van der Waals surface area contributed by atoms with Gasteiger partial charge in [0.15, 0.2) is 0 Å². The van der Waals surface area contributed by atoms with Crippen LogP contribution in [0, 0.1) is 5.92 Å². The van der Waals surface area contributed by atoms with E-state index in [9.17, 15) is 9.59 Å². The minimum atomic E-state index is 0.123. The molecule has 3 heterocycles. The van der Waals surface area contributed by atoms with Crippen LogP contribution in [0.5, 0.6) is 0 Å². The summed E-state index contributed by atoms with van der Waals surface area (Å²) in [5.41, 5.74) is 0.956. The van der Waals surface area contributed by atoms with Crippen LogP contribution in [0.3, 0.4) is 0 Å². The van der Waals surface area contributed by atoms with Crippen molar-refractivity contribution in [3.63, 3.8) is 0 Å². The van der Waals surface area contributed by atoms with Crippen molar-refractivity contribution in [3.05, 3.63) is 34.9 Å². The lowest BCUT2D eigenvalue weighted by Crippen LogP contribution is -2.48. The molecule has 0 aliphatic carbocycles. The van der Waals surface area contributed by atoms with Gasteiger partial charge in [0.25, 0.3) is 0 Å². The van der Waals surface area contributed by atoms with E-state index in [1.54, 1.807) is 19.0 Å². The Kier molecular flexibility index (Phi) is 5.64. The Morgan fingerprint density at radius 2 is 2.00 bits per heavy atom. The zero-order valence-corrected chi connectivity index (χ0v) is 15.7. The molecular formula is C19H26ClN3O2. The summed E-state index contributed by atoms with van der Waals surface area (Å²) in [6, 6.07) is 7.72. The Bertz CT molecular complexity index is 649. The Balaban J connectivity index is 1.66. The average molecular weight is 364 g/mol. The van der Waals surface area contributed by atoms with Gasteiger partial charge in [0.1, 0.15) is 0 Å². The van der Waals surface area contributed by atoms with Gasteiger partial charge in [-0.15, -0.1) is 0 Å². The average Bonchev–Trinajstić information content (AvgIpc) is 2.85. The van der Waals surface area contributed by atoms with Gasteiger partial charge < -0.3 is 9.80 Å². The molecule has 2 atom stereocenters. The first-order valence-electron chi connectivity index (χ1n) is 8.89. The fourth-order valence-corrected chi connectivity index (χ4v) is 4.08. The van der Waals surface area contributed by atoms with Crippen LogP contribution < -0.4 is 0 Å². The molecular weight excluding hydrogens is 338 g/mol. The van der Waals surface area contributed by atoms with Gasteiger partial charge in [-0.25, -0.2) is 0 Å². The predicted octanol–water partition coefficient (Wildman–Crippen LogP) is 1.89. The molecule has 25 heavy (non-hydrogen) atoms. The number of rotatable bonds is 4. The fraction of sp³-hybridized carbons (Fsp3) is 0.579. The summed E-state index contributed by atoms with van der Waals surface area (Å²) in [6.45, 7) is 2.93. The third kappa shape index (κ3) is 4.53. The van der Waals surface area contributed by atoms with Gasteiger partial charge in [-0.05, 0) is 36.5 Å². The van der Waals surface area contributed by atoms with Crippen molar-refractivity contribution in [1.82, 2.24) is 14.7 Å². The standard InChI is InChI=1S/C19H26ClN3O2/c1-21(2)19(25)13-22-10-15-6-7-17(12-22)23(11-15)18(24)9-14-4-3-5-16(20)8-14/h3-5,8,15,17H,6-7,9-13H2,1-2H3/t15-,17+/m1/s1. The Hall–Kier alpha value is -1.59. The second-order valence-electron chi connectivity index (χ2n) is 7.43. The van der Waals surface area contributed by atoms with Gasteiger partial charge in [0.05, 0.1) is 13.0 Å². The third-order valence-electron chi connectivity index (χ3n) is 5.21. The second-order valence-corrected chi connectivity index (χ2v) is 7.87. The van der Waals surface area contributed by atoms with E-state index in [0.29, 0.717) is 23.9 Å². The van der Waals surface area contributed by atoms with Crippen LogP contribution in [0.15, 0.2) is 24.3 Å². The van der Waals surface area contributed by atoms with Crippen LogP contribution in [-0.2, 0) is 16.0 Å². The maximum absolute atomic E-state index is 12.8. The number of hydrogen-bond acceptors (Lipinski definition) is 3. The number of carbonyl (C=O) groups is 2. The molecule has 136 valence electrons. The number of piperidine rings is 1. The molecule has 0 radical (unpaired) electrons. The Morgan fingerprint density at radius 3 is 2.72 bits per heavy atom. The summed E-state index contributed by atoms with van der Waals surface area (Å²) in [6.07, 6.45) is 2.55. The highest BCUT2D eigenvalue weighted by atomic mass is 35.5. The maximum Gasteiger partial charge on any atom is 0.236 e. The third-order valence-corrected chi connectivity index (χ3v) is 5.45. The number of carbonyl (C=O) groups excluding carboxylic acids is 2. The van der Waals surface area contributed by atoms with Crippen molar-refractivity contribution >= 4 is 23.4 Å². The summed E-state index contributed by atoms with van der Waals surface area (Å²) in [5, 5.41) is 0.663. The molecule has 0 unspecified atom stereocenters. The van der Waals surface area contributed by atoms with Crippen molar-refractivity contribution in [2.24, 2.45) is 5.92 Å². The monoisotopic (exact) mass is 363 g/mol. The number of hydrogen-bond donors (Lipinski definition) is 0. The number of amides is 2. The van der Waals surface area contributed by atoms with Crippen molar-refractivity contribution in [2.45, 2.75) is 25.3 Å². The maximum atomic E-state index is 12.8. The van der Waals surface area contributed by atoms with E-state index >= 15 is 0 Å². The number of fused-ring (bicyclic) bond motifs is 4. The topological polar surface area (TPSA) is 43.9 Å². The van der Waals surface area contributed by atoms with E-state index in [0.717, 1.165) is 38.0 Å². The van der Waals surface area contributed by atoms with Crippen LogP contribution in [-0.4, -0.2) is 72.8 Å². The summed E-state index contributed by atoms with van der Waals surface area (Å²) < 4.78 is 0. The van der Waals surface area contributed by atoms with Crippen molar-refractivity contribution in [1.29, 1.82) is 0 Å². The van der Waals surface area contributed by atoms with E-state index < -0.39 is 0 Å². The largest absolute Gasteiger partial charge is 0.348 e. The molecule has 3 aliphatic rings. The van der Waals surface area contributed by atoms with Crippen molar-refractivity contribution in [2.75, 3.05) is 40.3 Å². The zero-order valence-electron chi connectivity index (χ0n) is 14.9. The molecule has 2 amide bonds. The minimum Gasteiger partial charge on any atom is -0.348 e. The highest BCUT2D eigenvalue weighted by molar-refractivity contribution is 6.30. The number of likely N-dealkylation sites (N-methyl/N-ethyl adjacent to an activating group) is 1. The van der Waals surface area contributed by atoms with E-state index in [2.05, 4.69) is 4.90 Å². The number of nitrogens with zero attached hydrogens (tertiary/aromatic N) is 3. The summed E-state index contributed by atoms with van der Waals surface area (Å²) in [5.74, 6) is 0.743. The van der Waals surface area contributed by atoms with Crippen LogP contribution in [0.1, 0.15) is 18.4 Å². The quantitative estimate of drug-likeness (QED) is 0.820. The van der Waals surface area contributed by atoms with Gasteiger partial charge in [-0.3, -0.25) is 14.5 Å². The lowest BCUT2D eigenvalue weighted by atomic mass is 9.94. The molecule has 3 fully saturated rings. The minimum absolute atomic E-state index is 0.123. The Labute approximate surface area is 154 Å². The molecule has 3 aliphatic heterocycles. The van der Waals surface area contributed by atoms with Gasteiger partial charge >= 0.3 is 0 Å². The molecule has 2 bridgehead atoms. The first kappa shape index (κ1) is 18.2. The highest BCUT2D eigenvalue weighted by Crippen LogP contribution is 2.28. The first-order valence-corrected chi connectivity index (χ1v) is 9.26. The SMILES string of the molecule is CN(C)C(=O)CN1C[C@H]2CC[C@@H](C1)N(C(=O)Cc1cccc(Cl)c1)C2. The van der Waals surface area contributed by atoms with E-state index in [1.165, 1.54) is 0 Å². The molecule has 5 nitrogen and oxygen atoms in total. The van der Waals surface area contributed by atoms with Gasteiger partial charge in [-0.1, -0.05) is 23.7 Å². The molecule has 0 saturated carbocycles. The Morgan fingerprint density at radius 1 is 1.20 bits per heavy atom. The predicted molar refractivity (Wildman–Crippen MR) is 98.5 cm³/mol. The zero-order chi connectivity index (χ0) is 18.0. The number of halogens is 1. The summed E-state index contributed by atoms with van der Waals surface area (Å²) in [4.78, 5) is 30.8. The molecule has 0 aromatic heterocycles. The van der Waals surface area contributed by atoms with Crippen molar-refractivity contribution in [3.8, 4) is 0 Å².